The molecule has 0 radical (unpaired) electrons. The number of primary amides is 1. The molecule has 0 aliphatic rings. The number of carbonyl (C=O) groups excluding carboxylic acids is 1. The Bertz CT molecular complexity index is 481. The van der Waals surface area contributed by atoms with E-state index in [2.05, 4.69) is 15.6 Å². The van der Waals surface area contributed by atoms with Gasteiger partial charge in [-0.05, 0) is 5.56 Å². The van der Waals surface area contributed by atoms with Gasteiger partial charge in [0.2, 0.25) is 0 Å². The van der Waals surface area contributed by atoms with Crippen molar-refractivity contribution in [2.75, 3.05) is 5.32 Å². The number of nitrogens with zero attached hydrogens (tertiary/aromatic N) is 3. The maximum atomic E-state index is 10.6. The van der Waals surface area contributed by atoms with Gasteiger partial charge in [0, 0.05) is 0 Å². The molecule has 1 aromatic heterocycles. The van der Waals surface area contributed by atoms with Gasteiger partial charge < -0.3 is 5.73 Å². The fourth-order valence-electron chi connectivity index (χ4n) is 1.33. The Balaban J connectivity index is 0.000000829. The van der Waals surface area contributed by atoms with E-state index in [9.17, 15) is 4.79 Å². The van der Waals surface area contributed by atoms with Crippen molar-refractivity contribution in [3.05, 3.63) is 42.1 Å². The van der Waals surface area contributed by atoms with Crippen LogP contribution in [0, 0.1) is 0 Å². The van der Waals surface area contributed by atoms with E-state index in [1.807, 2.05) is 58.0 Å². The summed E-state index contributed by atoms with van der Waals surface area (Å²) < 4.78 is 1.63. The first-order valence-corrected chi connectivity index (χ1v) is 6.74. The summed E-state index contributed by atoms with van der Waals surface area (Å²) in [5, 5.41) is 9.97. The van der Waals surface area contributed by atoms with Crippen LogP contribution in [0.4, 0.5) is 10.6 Å². The van der Waals surface area contributed by atoms with Crippen LogP contribution in [-0.2, 0) is 6.54 Å². The Labute approximate surface area is 120 Å². The number of amides is 2. The molecule has 2 amide bonds. The molecular formula is C14H23N5O. The second kappa shape index (κ2) is 10.5. The summed E-state index contributed by atoms with van der Waals surface area (Å²) in [6.07, 6.45) is 1.62. The molecule has 6 nitrogen and oxygen atoms in total. The van der Waals surface area contributed by atoms with Crippen LogP contribution < -0.4 is 11.1 Å². The maximum Gasteiger partial charge on any atom is 0.317 e. The molecule has 0 spiro atoms. The smallest absolute Gasteiger partial charge is 0.317 e. The summed E-state index contributed by atoms with van der Waals surface area (Å²) in [6, 6.07) is 9.19. The standard InChI is InChI=1S/C10H11N5O.2C2H6/c11-10(16)12-9-7-15(14-13-9)6-8-4-2-1-3-5-8;2*1-2/h1-5,7H,6H2,(H3,11,12,16);2*1-2H3. The van der Waals surface area contributed by atoms with Gasteiger partial charge in [-0.1, -0.05) is 63.2 Å². The van der Waals surface area contributed by atoms with Gasteiger partial charge in [0.25, 0.3) is 0 Å². The number of carbonyl (C=O) groups is 1. The largest absolute Gasteiger partial charge is 0.351 e. The van der Waals surface area contributed by atoms with E-state index < -0.39 is 6.03 Å². The SMILES string of the molecule is CC.CC.NC(=O)Nc1cn(Cc2ccccc2)nn1. The third-order valence-corrected chi connectivity index (χ3v) is 1.98. The van der Waals surface area contributed by atoms with Crippen molar-refractivity contribution < 1.29 is 4.79 Å². The maximum absolute atomic E-state index is 10.6. The van der Waals surface area contributed by atoms with Crippen molar-refractivity contribution in [3.63, 3.8) is 0 Å². The summed E-state index contributed by atoms with van der Waals surface area (Å²) >= 11 is 0. The molecule has 0 atom stereocenters. The van der Waals surface area contributed by atoms with Crippen LogP contribution >= 0.6 is 0 Å². The number of nitrogens with one attached hydrogen (secondary N) is 1. The zero-order valence-electron chi connectivity index (χ0n) is 12.5. The monoisotopic (exact) mass is 277 g/mol. The van der Waals surface area contributed by atoms with Crippen molar-refractivity contribution in [1.29, 1.82) is 0 Å². The molecule has 0 saturated carbocycles. The number of hydrogen-bond donors (Lipinski definition) is 2. The van der Waals surface area contributed by atoms with Crippen LogP contribution in [0.1, 0.15) is 33.3 Å². The van der Waals surface area contributed by atoms with Gasteiger partial charge in [-0.25, -0.2) is 9.48 Å². The zero-order chi connectivity index (χ0) is 15.4. The van der Waals surface area contributed by atoms with E-state index in [0.717, 1.165) is 5.56 Å². The first-order valence-electron chi connectivity index (χ1n) is 6.74. The van der Waals surface area contributed by atoms with Crippen LogP contribution in [0.2, 0.25) is 0 Å². The lowest BCUT2D eigenvalue weighted by molar-refractivity contribution is 0.259. The van der Waals surface area contributed by atoms with Gasteiger partial charge in [-0.15, -0.1) is 5.10 Å². The normalized spacial score (nSPS) is 8.60. The summed E-state index contributed by atoms with van der Waals surface area (Å²) in [7, 11) is 0. The predicted molar refractivity (Wildman–Crippen MR) is 81.5 cm³/mol. The lowest BCUT2D eigenvalue weighted by atomic mass is 10.2. The lowest BCUT2D eigenvalue weighted by Gasteiger charge is -1.99. The molecule has 0 saturated heterocycles. The van der Waals surface area contributed by atoms with Crippen molar-refractivity contribution in [1.82, 2.24) is 15.0 Å². The van der Waals surface area contributed by atoms with E-state index in [1.54, 1.807) is 10.9 Å². The average Bonchev–Trinajstić information content (AvgIpc) is 2.90. The molecule has 1 heterocycles. The highest BCUT2D eigenvalue weighted by Gasteiger charge is 2.02. The van der Waals surface area contributed by atoms with Crippen molar-refractivity contribution in [2.24, 2.45) is 5.73 Å². The molecule has 110 valence electrons. The van der Waals surface area contributed by atoms with Gasteiger partial charge in [-0.3, -0.25) is 5.32 Å². The Morgan fingerprint density at radius 3 is 2.35 bits per heavy atom. The number of anilines is 1. The van der Waals surface area contributed by atoms with Crippen LogP contribution in [0.3, 0.4) is 0 Å². The molecule has 2 aromatic rings. The second-order valence-corrected chi connectivity index (χ2v) is 3.28. The van der Waals surface area contributed by atoms with Gasteiger partial charge >= 0.3 is 6.03 Å². The van der Waals surface area contributed by atoms with E-state index in [0.29, 0.717) is 12.4 Å². The minimum Gasteiger partial charge on any atom is -0.351 e. The number of aromatic nitrogens is 3. The van der Waals surface area contributed by atoms with Crippen LogP contribution in [0.25, 0.3) is 0 Å². The molecule has 0 fully saturated rings. The fourth-order valence-corrected chi connectivity index (χ4v) is 1.33. The average molecular weight is 277 g/mol. The first-order chi connectivity index (χ1) is 9.74. The molecular weight excluding hydrogens is 254 g/mol. The zero-order valence-corrected chi connectivity index (χ0v) is 12.5. The Morgan fingerprint density at radius 2 is 1.80 bits per heavy atom. The topological polar surface area (TPSA) is 85.8 Å². The lowest BCUT2D eigenvalue weighted by Crippen LogP contribution is -2.19. The quantitative estimate of drug-likeness (QED) is 0.904. The van der Waals surface area contributed by atoms with E-state index in [1.165, 1.54) is 0 Å². The van der Waals surface area contributed by atoms with Crippen LogP contribution in [0.15, 0.2) is 36.5 Å². The fraction of sp³-hybridized carbons (Fsp3) is 0.357. The highest BCUT2D eigenvalue weighted by Crippen LogP contribution is 2.04. The number of nitrogens with two attached hydrogens (primary N) is 1. The summed E-state index contributed by atoms with van der Waals surface area (Å²) in [4.78, 5) is 10.6. The highest BCUT2D eigenvalue weighted by atomic mass is 16.2. The van der Waals surface area contributed by atoms with Crippen LogP contribution in [-0.4, -0.2) is 21.0 Å². The van der Waals surface area contributed by atoms with Gasteiger partial charge in [0.05, 0.1) is 12.7 Å². The van der Waals surface area contributed by atoms with Gasteiger partial charge in [-0.2, -0.15) is 0 Å². The number of hydrogen-bond acceptors (Lipinski definition) is 3. The molecule has 3 N–H and O–H groups in total. The molecule has 1 aromatic carbocycles. The van der Waals surface area contributed by atoms with Crippen molar-refractivity contribution >= 4 is 11.8 Å². The molecule has 0 aliphatic heterocycles. The van der Waals surface area contributed by atoms with Crippen molar-refractivity contribution in [3.8, 4) is 0 Å². The van der Waals surface area contributed by atoms with Gasteiger partial charge in [0.15, 0.2) is 5.82 Å². The molecule has 0 unspecified atom stereocenters. The molecule has 0 aliphatic carbocycles. The number of benzene rings is 1. The summed E-state index contributed by atoms with van der Waals surface area (Å²) in [5.41, 5.74) is 6.07. The molecule has 20 heavy (non-hydrogen) atoms. The summed E-state index contributed by atoms with van der Waals surface area (Å²) in [5.74, 6) is 0.350. The molecule has 6 heteroatoms. The number of rotatable bonds is 3. The first kappa shape index (κ1) is 17.6. The van der Waals surface area contributed by atoms with E-state index in [-0.39, 0.29) is 0 Å². The highest BCUT2D eigenvalue weighted by molar-refractivity contribution is 5.86. The van der Waals surface area contributed by atoms with Crippen molar-refractivity contribution in [2.45, 2.75) is 34.2 Å². The third kappa shape index (κ3) is 6.53. The van der Waals surface area contributed by atoms with E-state index in [4.69, 9.17) is 5.73 Å². The Hall–Kier alpha value is -2.37. The second-order valence-electron chi connectivity index (χ2n) is 3.28. The summed E-state index contributed by atoms with van der Waals surface area (Å²) in [6.45, 7) is 8.61. The Morgan fingerprint density at radius 1 is 1.20 bits per heavy atom. The van der Waals surface area contributed by atoms with Crippen LogP contribution in [0.5, 0.6) is 0 Å². The number of urea groups is 1. The van der Waals surface area contributed by atoms with E-state index >= 15 is 0 Å². The molecule has 0 bridgehead atoms. The predicted octanol–water partition coefficient (Wildman–Crippen LogP) is 2.87. The minimum absolute atomic E-state index is 0.350. The van der Waals surface area contributed by atoms with Gasteiger partial charge in [0.1, 0.15) is 0 Å². The molecule has 2 rings (SSSR count). The minimum atomic E-state index is -0.647. The third-order valence-electron chi connectivity index (χ3n) is 1.98. The Kier molecular flexibility index (Phi) is 9.29.